The zero-order valence-electron chi connectivity index (χ0n) is 44.9. The highest BCUT2D eigenvalue weighted by atomic mass is 16.3. The molecule has 3 heterocycles. The van der Waals surface area contributed by atoms with E-state index >= 15 is 0 Å². The summed E-state index contributed by atoms with van der Waals surface area (Å²) in [5, 5.41) is 16.4. The van der Waals surface area contributed by atoms with E-state index in [1.54, 1.807) is 0 Å². The molecule has 0 bridgehead atoms. The Hall–Kier alpha value is -11.1. The normalized spacial score (nSPS) is 11.9. The number of benzene rings is 14. The highest BCUT2D eigenvalue weighted by molar-refractivity contribution is 6.32. The number of anilines is 3. The van der Waals surface area contributed by atoms with E-state index in [0.29, 0.717) is 5.82 Å². The summed E-state index contributed by atoms with van der Waals surface area (Å²) in [4.78, 5) is 13.5. The van der Waals surface area contributed by atoms with Crippen LogP contribution in [0.15, 0.2) is 296 Å². The average Bonchev–Trinajstić information content (AvgIpc) is 2.49. The van der Waals surface area contributed by atoms with Gasteiger partial charge in [-0.1, -0.05) is 212 Å². The third-order valence-corrected chi connectivity index (χ3v) is 16.9. The molecule has 0 aliphatic carbocycles. The van der Waals surface area contributed by atoms with E-state index < -0.39 is 0 Å². The fourth-order valence-electron chi connectivity index (χ4n) is 13.1. The Morgan fingerprint density at radius 1 is 0.301 bits per heavy atom. The Kier molecular flexibility index (Phi) is 10.6. The minimum atomic E-state index is 0.636. The molecule has 83 heavy (non-hydrogen) atoms. The van der Waals surface area contributed by atoms with E-state index in [9.17, 15) is 0 Å². The van der Waals surface area contributed by atoms with Gasteiger partial charge in [0.2, 0.25) is 0 Å². The molecule has 14 aromatic carbocycles. The van der Waals surface area contributed by atoms with Gasteiger partial charge in [-0.2, -0.15) is 0 Å². The van der Waals surface area contributed by atoms with Crippen molar-refractivity contribution in [2.24, 2.45) is 0 Å². The molecule has 5 heteroatoms. The molecule has 0 N–H and O–H groups in total. The molecule has 0 spiro atoms. The Morgan fingerprint density at radius 2 is 0.904 bits per heavy atom. The summed E-state index contributed by atoms with van der Waals surface area (Å²) in [5.74, 6) is 1.39. The molecule has 0 radical (unpaired) electrons. The third kappa shape index (κ3) is 7.56. The molecule has 5 nitrogen and oxygen atoms in total. The van der Waals surface area contributed by atoms with Crippen LogP contribution in [0.2, 0.25) is 0 Å². The molecule has 0 amide bonds. The lowest BCUT2D eigenvalue weighted by atomic mass is 9.93. The predicted octanol–water partition coefficient (Wildman–Crippen LogP) is 21.4. The monoisotopic (exact) mass is 1060 g/mol. The van der Waals surface area contributed by atoms with E-state index in [2.05, 4.69) is 301 Å². The van der Waals surface area contributed by atoms with Crippen LogP contribution in [0.25, 0.3) is 148 Å². The van der Waals surface area contributed by atoms with Gasteiger partial charge in [-0.3, -0.25) is 4.57 Å². The van der Waals surface area contributed by atoms with Crippen LogP contribution in [0.3, 0.4) is 0 Å². The smallest absolute Gasteiger partial charge is 0.162 e. The average molecular weight is 1060 g/mol. The minimum absolute atomic E-state index is 0.636. The van der Waals surface area contributed by atoms with Crippen molar-refractivity contribution in [3.63, 3.8) is 0 Å². The Labute approximate surface area is 477 Å². The summed E-state index contributed by atoms with van der Waals surface area (Å²) in [7, 11) is 0. The summed E-state index contributed by atoms with van der Waals surface area (Å²) in [5.41, 5.74) is 14.1. The number of nitrogens with zero attached hydrogens (tertiary/aromatic N) is 4. The van der Waals surface area contributed by atoms with Crippen LogP contribution in [-0.2, 0) is 0 Å². The highest BCUT2D eigenvalue weighted by Gasteiger charge is 2.25. The van der Waals surface area contributed by atoms with Gasteiger partial charge in [-0.15, -0.1) is 0 Å². The molecule has 386 valence electrons. The molecule has 0 saturated heterocycles. The van der Waals surface area contributed by atoms with Gasteiger partial charge in [0.25, 0.3) is 0 Å². The van der Waals surface area contributed by atoms with Crippen molar-refractivity contribution in [2.45, 2.75) is 0 Å². The van der Waals surface area contributed by atoms with Gasteiger partial charge in [0.05, 0.1) is 28.1 Å². The van der Waals surface area contributed by atoms with E-state index in [4.69, 9.17) is 14.4 Å². The van der Waals surface area contributed by atoms with Crippen molar-refractivity contribution in [2.75, 3.05) is 4.90 Å². The number of rotatable bonds is 8. The molecular weight excluding hydrogens is 1010 g/mol. The molecule has 0 fully saturated rings. The second-order valence-electron chi connectivity index (χ2n) is 21.6. The van der Waals surface area contributed by atoms with Crippen LogP contribution in [0.5, 0.6) is 0 Å². The summed E-state index contributed by atoms with van der Waals surface area (Å²) < 4.78 is 9.39. The first kappa shape index (κ1) is 46.7. The van der Waals surface area contributed by atoms with Gasteiger partial charge in [0, 0.05) is 55.4 Å². The topological polar surface area (TPSA) is 47.1 Å². The van der Waals surface area contributed by atoms with Crippen molar-refractivity contribution < 1.29 is 4.42 Å². The third-order valence-electron chi connectivity index (χ3n) is 16.9. The van der Waals surface area contributed by atoms with Crippen LogP contribution in [0.4, 0.5) is 17.1 Å². The van der Waals surface area contributed by atoms with Gasteiger partial charge >= 0.3 is 0 Å². The predicted molar refractivity (Wildman–Crippen MR) is 348 cm³/mol. The zero-order chi connectivity index (χ0) is 54.5. The lowest BCUT2D eigenvalue weighted by Crippen LogP contribution is -2.11. The number of aromatic nitrogens is 3. The summed E-state index contributed by atoms with van der Waals surface area (Å²) in [6.07, 6.45) is 0. The number of para-hydroxylation sites is 2. The lowest BCUT2D eigenvalue weighted by Gasteiger charge is -2.29. The summed E-state index contributed by atoms with van der Waals surface area (Å²) in [6, 6.07) is 105. The highest BCUT2D eigenvalue weighted by Crippen LogP contribution is 2.48. The van der Waals surface area contributed by atoms with Crippen LogP contribution in [0.1, 0.15) is 0 Å². The van der Waals surface area contributed by atoms with Crippen LogP contribution >= 0.6 is 0 Å². The Morgan fingerprint density at radius 3 is 1.67 bits per heavy atom. The second-order valence-corrected chi connectivity index (χ2v) is 21.6. The molecule has 17 rings (SSSR count). The molecule has 0 unspecified atom stereocenters. The minimum Gasteiger partial charge on any atom is -0.456 e. The Balaban J connectivity index is 0.954. The first-order chi connectivity index (χ1) is 41.1. The second kappa shape index (κ2) is 18.7. The Bertz CT molecular complexity index is 5450. The standard InChI is InChI=1S/C78H48N4O/c1-4-20-49(21-5-1)51-26-18-28-56(43-51)78-79-68(50-22-6-2-7-23-50)48-75(80-78)82-71-40-41-73-77(67-46-65-61-34-14-12-32-59(61)60-33-13-15-35-62(60)66(65)47-74(67)83-73)76(71)63-39-38-55(45-72(63)82)58-31-16-17-36-69(58)81(57-29-8-3-9-30-57)70-37-19-27-54-42-52-24-10-11-25-53(52)44-64(54)70/h1-48H. The largest absolute Gasteiger partial charge is 0.456 e. The van der Waals surface area contributed by atoms with Gasteiger partial charge in [-0.25, -0.2) is 9.97 Å². The molecule has 0 atom stereocenters. The van der Waals surface area contributed by atoms with E-state index in [-0.39, 0.29) is 0 Å². The van der Waals surface area contributed by atoms with E-state index in [1.165, 1.54) is 53.9 Å². The van der Waals surface area contributed by atoms with Crippen molar-refractivity contribution in [3.05, 3.63) is 291 Å². The maximum Gasteiger partial charge on any atom is 0.162 e. The van der Waals surface area contributed by atoms with Gasteiger partial charge in [-0.05, 0) is 138 Å². The van der Waals surface area contributed by atoms with Crippen molar-refractivity contribution in [1.29, 1.82) is 0 Å². The first-order valence-corrected chi connectivity index (χ1v) is 28.3. The quantitative estimate of drug-likeness (QED) is 0.112. The first-order valence-electron chi connectivity index (χ1n) is 28.3. The fourth-order valence-corrected chi connectivity index (χ4v) is 13.1. The number of hydrogen-bond acceptors (Lipinski definition) is 4. The fraction of sp³-hybridized carbons (Fsp3) is 0. The van der Waals surface area contributed by atoms with Crippen LogP contribution in [-0.4, -0.2) is 14.5 Å². The maximum atomic E-state index is 7.03. The van der Waals surface area contributed by atoms with Crippen molar-refractivity contribution >= 4 is 115 Å². The van der Waals surface area contributed by atoms with Gasteiger partial charge in [0.1, 0.15) is 17.0 Å². The molecular formula is C78H48N4O. The van der Waals surface area contributed by atoms with Gasteiger partial charge < -0.3 is 9.32 Å². The molecule has 3 aromatic heterocycles. The lowest BCUT2D eigenvalue weighted by molar-refractivity contribution is 0.670. The number of hydrogen-bond donors (Lipinski definition) is 0. The summed E-state index contributed by atoms with van der Waals surface area (Å²) >= 11 is 0. The summed E-state index contributed by atoms with van der Waals surface area (Å²) in [6.45, 7) is 0. The van der Waals surface area contributed by atoms with Crippen molar-refractivity contribution in [1.82, 2.24) is 14.5 Å². The maximum absolute atomic E-state index is 7.03. The van der Waals surface area contributed by atoms with E-state index in [1.807, 2.05) is 0 Å². The SMILES string of the molecule is c1ccc(-c2cccc(-c3nc(-c4ccccc4)cc(-n4c5cc(-c6ccccc6N(c6ccccc6)c6cccc7cc8ccccc8cc67)ccc5c5c6c(ccc54)oc4cc5c7ccccc7c7ccccc7c5cc46)n3)c2)cc1. The molecule has 0 aliphatic rings. The van der Waals surface area contributed by atoms with Crippen LogP contribution in [0, 0.1) is 0 Å². The van der Waals surface area contributed by atoms with Crippen LogP contribution < -0.4 is 4.90 Å². The molecule has 17 aromatic rings. The van der Waals surface area contributed by atoms with E-state index in [0.717, 1.165) is 106 Å². The number of furan rings is 1. The van der Waals surface area contributed by atoms with Crippen molar-refractivity contribution in [3.8, 4) is 50.7 Å². The molecule has 0 saturated carbocycles. The zero-order valence-corrected chi connectivity index (χ0v) is 44.9. The molecule has 0 aliphatic heterocycles. The number of fused-ring (bicyclic) bond motifs is 15. The van der Waals surface area contributed by atoms with Gasteiger partial charge in [0.15, 0.2) is 5.82 Å².